The minimum absolute atomic E-state index is 0.331. The van der Waals surface area contributed by atoms with Crippen molar-refractivity contribution in [3.05, 3.63) is 60.8 Å². The van der Waals surface area contributed by atoms with Gasteiger partial charge in [0.15, 0.2) is 0 Å². The van der Waals surface area contributed by atoms with Crippen molar-refractivity contribution in [1.82, 2.24) is 4.98 Å². The molecule has 4 rings (SSSR count). The maximum atomic E-state index is 13.2. The molecule has 2 aromatic carbocycles. The highest BCUT2D eigenvalue weighted by Crippen LogP contribution is 2.43. The molecule has 1 aliphatic rings. The summed E-state index contributed by atoms with van der Waals surface area (Å²) in [5.74, 6) is 0.921. The van der Waals surface area contributed by atoms with E-state index in [9.17, 15) is 8.42 Å². The summed E-state index contributed by atoms with van der Waals surface area (Å²) in [6.07, 6.45) is 2.47. The van der Waals surface area contributed by atoms with E-state index in [1.165, 1.54) is 4.31 Å². The maximum Gasteiger partial charge on any atom is 0.278 e. The molecule has 3 aromatic rings. The van der Waals surface area contributed by atoms with Crippen molar-refractivity contribution in [3.8, 4) is 5.75 Å². The predicted molar refractivity (Wildman–Crippen MR) is 104 cm³/mol. The third-order valence-corrected chi connectivity index (χ3v) is 6.49. The molecule has 0 spiro atoms. The van der Waals surface area contributed by atoms with Gasteiger partial charge in [-0.2, -0.15) is 0 Å². The van der Waals surface area contributed by atoms with Crippen LogP contribution in [0.1, 0.15) is 12.8 Å². The van der Waals surface area contributed by atoms with Gasteiger partial charge < -0.3 is 4.74 Å². The van der Waals surface area contributed by atoms with Crippen LogP contribution in [-0.4, -0.2) is 24.7 Å². The van der Waals surface area contributed by atoms with Crippen molar-refractivity contribution in [2.24, 2.45) is 0 Å². The third-order valence-electron chi connectivity index (χ3n) is 4.31. The molecule has 2 heterocycles. The molecule has 0 fully saturated rings. The smallest absolute Gasteiger partial charge is 0.278 e. The molecule has 1 aliphatic heterocycles. The molecular formula is C19H17ClN2O3S. The van der Waals surface area contributed by atoms with Gasteiger partial charge in [0.25, 0.3) is 10.0 Å². The van der Waals surface area contributed by atoms with E-state index < -0.39 is 15.5 Å². The number of pyridine rings is 1. The molecule has 0 saturated heterocycles. The Balaban J connectivity index is 1.88. The summed E-state index contributed by atoms with van der Waals surface area (Å²) in [6.45, 7) is 0. The number of rotatable bonds is 4. The fourth-order valence-electron chi connectivity index (χ4n) is 3.09. The van der Waals surface area contributed by atoms with Gasteiger partial charge in [-0.25, -0.2) is 12.7 Å². The number of hydrogen-bond donors (Lipinski definition) is 0. The molecule has 0 aliphatic carbocycles. The molecule has 5 nitrogen and oxygen atoms in total. The van der Waals surface area contributed by atoms with E-state index in [4.69, 9.17) is 16.3 Å². The lowest BCUT2D eigenvalue weighted by molar-refractivity contribution is 0.257. The molecule has 1 aromatic heterocycles. The molecule has 7 heteroatoms. The van der Waals surface area contributed by atoms with Crippen LogP contribution in [0.25, 0.3) is 10.9 Å². The number of sulfonamides is 1. The molecule has 26 heavy (non-hydrogen) atoms. The van der Waals surface area contributed by atoms with Crippen molar-refractivity contribution < 1.29 is 13.2 Å². The first-order valence-electron chi connectivity index (χ1n) is 8.32. The monoisotopic (exact) mass is 388 g/mol. The van der Waals surface area contributed by atoms with Crippen molar-refractivity contribution in [2.75, 3.05) is 10.2 Å². The highest BCUT2D eigenvalue weighted by Gasteiger charge is 2.40. The van der Waals surface area contributed by atoms with Gasteiger partial charge >= 0.3 is 0 Å². The second kappa shape index (κ2) is 6.78. The minimum Gasteiger partial charge on any atom is -0.470 e. The average molecular weight is 389 g/mol. The van der Waals surface area contributed by atoms with Gasteiger partial charge in [0.2, 0.25) is 5.44 Å². The van der Waals surface area contributed by atoms with E-state index in [0.717, 1.165) is 10.9 Å². The molecular weight excluding hydrogens is 372 g/mol. The summed E-state index contributed by atoms with van der Waals surface area (Å²) >= 11 is 5.76. The first-order valence-corrected chi connectivity index (χ1v) is 10.4. The number of halogens is 1. The summed E-state index contributed by atoms with van der Waals surface area (Å²) in [6, 6.07) is 16.6. The van der Waals surface area contributed by atoms with Gasteiger partial charge in [0.05, 0.1) is 23.1 Å². The van der Waals surface area contributed by atoms with Gasteiger partial charge in [0, 0.05) is 17.7 Å². The maximum absolute atomic E-state index is 13.2. The van der Waals surface area contributed by atoms with E-state index >= 15 is 0 Å². The Labute approximate surface area is 157 Å². The summed E-state index contributed by atoms with van der Waals surface area (Å²) in [4.78, 5) is 4.41. The van der Waals surface area contributed by atoms with Crippen molar-refractivity contribution >= 4 is 43.9 Å². The van der Waals surface area contributed by atoms with Crippen LogP contribution in [0.2, 0.25) is 0 Å². The van der Waals surface area contributed by atoms with Gasteiger partial charge in [-0.1, -0.05) is 30.3 Å². The fraction of sp³-hybridized carbons (Fsp3) is 0.211. The Bertz CT molecular complexity index is 1060. The zero-order valence-electron chi connectivity index (χ0n) is 13.9. The molecule has 0 saturated carbocycles. The largest absolute Gasteiger partial charge is 0.470 e. The minimum atomic E-state index is -3.76. The van der Waals surface area contributed by atoms with E-state index in [-0.39, 0.29) is 0 Å². The second-order valence-corrected chi connectivity index (χ2v) is 8.34. The molecule has 0 N–H and O–H groups in total. The van der Waals surface area contributed by atoms with Gasteiger partial charge in [-0.3, -0.25) is 4.98 Å². The second-order valence-electron chi connectivity index (χ2n) is 6.04. The summed E-state index contributed by atoms with van der Waals surface area (Å²) in [5.41, 5.74) is 0.832. The number of para-hydroxylation sites is 3. The topological polar surface area (TPSA) is 59.5 Å². The van der Waals surface area contributed by atoms with E-state index in [1.54, 1.807) is 24.4 Å². The van der Waals surface area contributed by atoms with Crippen molar-refractivity contribution in [3.63, 3.8) is 0 Å². The fourth-order valence-corrected chi connectivity index (χ4v) is 4.99. The van der Waals surface area contributed by atoms with Gasteiger partial charge in [-0.05, 0) is 30.7 Å². The van der Waals surface area contributed by atoms with E-state index in [2.05, 4.69) is 4.98 Å². The number of fused-ring (bicyclic) bond motifs is 2. The number of nitrogens with zero attached hydrogens (tertiary/aromatic N) is 2. The van der Waals surface area contributed by atoms with Crippen LogP contribution in [0, 0.1) is 0 Å². The summed E-state index contributed by atoms with van der Waals surface area (Å²) in [7, 11) is -3.76. The third kappa shape index (κ3) is 2.89. The van der Waals surface area contributed by atoms with Crippen LogP contribution in [0.3, 0.4) is 0 Å². The number of aromatic nitrogens is 1. The zero-order valence-corrected chi connectivity index (χ0v) is 15.4. The Morgan fingerprint density at radius 1 is 1.12 bits per heavy atom. The molecule has 0 radical (unpaired) electrons. The quantitative estimate of drug-likeness (QED) is 0.620. The van der Waals surface area contributed by atoms with Crippen molar-refractivity contribution in [1.29, 1.82) is 0 Å². The predicted octanol–water partition coefficient (Wildman–Crippen LogP) is 4.44. The number of benzene rings is 2. The van der Waals surface area contributed by atoms with Gasteiger partial charge in [0.1, 0.15) is 5.75 Å². The molecule has 0 amide bonds. The Hall–Kier alpha value is -2.31. The molecule has 134 valence electrons. The van der Waals surface area contributed by atoms with Crippen molar-refractivity contribution in [2.45, 2.75) is 18.3 Å². The lowest BCUT2D eigenvalue weighted by Gasteiger charge is -2.35. The summed E-state index contributed by atoms with van der Waals surface area (Å²) < 4.78 is 33.6. The lowest BCUT2D eigenvalue weighted by atomic mass is 10.2. The van der Waals surface area contributed by atoms with Crippen LogP contribution < -0.4 is 9.04 Å². The highest BCUT2D eigenvalue weighted by atomic mass is 35.5. The summed E-state index contributed by atoms with van der Waals surface area (Å²) in [5, 5.41) is 0.876. The average Bonchev–Trinajstić information content (AvgIpc) is 2.65. The Kier molecular flexibility index (Phi) is 4.46. The number of anilines is 2. The van der Waals surface area contributed by atoms with Crippen LogP contribution in [-0.2, 0) is 10.0 Å². The van der Waals surface area contributed by atoms with Crippen LogP contribution in [0.5, 0.6) is 5.75 Å². The van der Waals surface area contributed by atoms with E-state index in [1.807, 2.05) is 36.4 Å². The van der Waals surface area contributed by atoms with E-state index in [0.29, 0.717) is 35.8 Å². The molecule has 1 unspecified atom stereocenters. The van der Waals surface area contributed by atoms with Crippen LogP contribution >= 0.6 is 11.6 Å². The lowest BCUT2D eigenvalue weighted by Crippen LogP contribution is -2.43. The zero-order chi connectivity index (χ0) is 18.1. The number of alkyl halides is 1. The molecule has 0 bridgehead atoms. The first-order chi connectivity index (χ1) is 12.6. The molecule has 1 atom stereocenters. The SMILES string of the molecule is O=S1(=O)C(CCCCl)Oc2ccccc2N1c1cnc2ccccc2c1. The van der Waals surface area contributed by atoms with Crippen LogP contribution in [0.15, 0.2) is 60.8 Å². The van der Waals surface area contributed by atoms with Gasteiger partial charge in [-0.15, -0.1) is 11.6 Å². The number of ether oxygens (including phenoxy) is 1. The first kappa shape index (κ1) is 17.1. The number of hydrogen-bond acceptors (Lipinski definition) is 4. The standard InChI is InChI=1S/C19H17ClN2O3S/c20-11-5-10-19-25-18-9-4-3-8-17(18)22(26(19,23)24)15-12-14-6-1-2-7-16(14)21-13-15/h1-4,6-9,12-13,19H,5,10-11H2. The van der Waals surface area contributed by atoms with Crippen LogP contribution in [0.4, 0.5) is 11.4 Å². The Morgan fingerprint density at radius 2 is 1.88 bits per heavy atom. The Morgan fingerprint density at radius 3 is 2.73 bits per heavy atom. The highest BCUT2D eigenvalue weighted by molar-refractivity contribution is 7.93. The normalized spacial score (nSPS) is 18.3.